The summed E-state index contributed by atoms with van der Waals surface area (Å²) >= 11 is 0. The number of carbonyl (C=O) groups is 1. The first-order valence-corrected chi connectivity index (χ1v) is 6.55. The number of rotatable bonds is 4. The van der Waals surface area contributed by atoms with E-state index in [1.54, 1.807) is 0 Å². The smallest absolute Gasteiger partial charge is 0.338 e. The van der Waals surface area contributed by atoms with Crippen molar-refractivity contribution in [3.05, 3.63) is 41.2 Å². The quantitative estimate of drug-likeness (QED) is 0.930. The molecule has 1 saturated carbocycles. The lowest BCUT2D eigenvalue weighted by atomic mass is 10.0. The highest BCUT2D eigenvalue weighted by molar-refractivity contribution is 5.87. The van der Waals surface area contributed by atoms with E-state index in [9.17, 15) is 10.1 Å². The normalized spacial score (nSPS) is 13.7. The van der Waals surface area contributed by atoms with Gasteiger partial charge in [-0.3, -0.25) is 0 Å². The van der Waals surface area contributed by atoms with Crippen LogP contribution in [0.1, 0.15) is 40.2 Å². The van der Waals surface area contributed by atoms with Crippen LogP contribution in [0.15, 0.2) is 24.5 Å². The number of aromatic carboxylic acids is 1. The van der Waals surface area contributed by atoms with Gasteiger partial charge < -0.3 is 9.84 Å². The Labute approximate surface area is 121 Å². The predicted molar refractivity (Wildman–Crippen MR) is 73.8 cm³/mol. The molecule has 0 bridgehead atoms. The van der Waals surface area contributed by atoms with Crippen molar-refractivity contribution in [2.24, 2.45) is 0 Å². The number of methoxy groups -OCH3 is 1. The van der Waals surface area contributed by atoms with E-state index < -0.39 is 5.97 Å². The molecule has 0 spiro atoms. The highest BCUT2D eigenvalue weighted by Gasteiger charge is 2.29. The lowest BCUT2D eigenvalue weighted by Gasteiger charge is -2.13. The molecule has 0 atom stereocenters. The molecular weight excluding hydrogens is 270 g/mol. The van der Waals surface area contributed by atoms with E-state index in [0.717, 1.165) is 18.4 Å². The zero-order chi connectivity index (χ0) is 15.0. The van der Waals surface area contributed by atoms with Gasteiger partial charge in [0, 0.05) is 6.20 Å². The summed E-state index contributed by atoms with van der Waals surface area (Å²) < 4.78 is 6.80. The van der Waals surface area contributed by atoms with Crippen LogP contribution in [0.5, 0.6) is 5.75 Å². The number of aromatic nitrogens is 2. The maximum Gasteiger partial charge on any atom is 0.338 e. The van der Waals surface area contributed by atoms with E-state index in [1.807, 2.05) is 12.1 Å². The Morgan fingerprint density at radius 2 is 2.29 bits per heavy atom. The van der Waals surface area contributed by atoms with Gasteiger partial charge in [-0.15, -0.1) is 0 Å². The van der Waals surface area contributed by atoms with Crippen molar-refractivity contribution in [2.75, 3.05) is 7.11 Å². The van der Waals surface area contributed by atoms with E-state index in [4.69, 9.17) is 9.84 Å². The molecule has 0 amide bonds. The van der Waals surface area contributed by atoms with Gasteiger partial charge in [-0.25, -0.2) is 9.48 Å². The summed E-state index contributed by atoms with van der Waals surface area (Å²) in [7, 11) is 1.50. The molecule has 0 radical (unpaired) electrons. The summed E-state index contributed by atoms with van der Waals surface area (Å²) in [6.07, 6.45) is 4.84. The molecule has 1 aromatic carbocycles. The van der Waals surface area contributed by atoms with Crippen molar-refractivity contribution in [2.45, 2.75) is 18.8 Å². The number of nitrogens with zero attached hydrogens (tertiary/aromatic N) is 3. The van der Waals surface area contributed by atoms with Crippen molar-refractivity contribution in [1.29, 1.82) is 5.26 Å². The largest absolute Gasteiger partial charge is 0.493 e. The molecule has 0 aliphatic heterocycles. The minimum absolute atomic E-state index is 0.0850. The summed E-state index contributed by atoms with van der Waals surface area (Å²) in [6, 6.07) is 5.90. The Morgan fingerprint density at radius 3 is 2.81 bits per heavy atom. The fourth-order valence-electron chi connectivity index (χ4n) is 2.39. The molecule has 2 aromatic rings. The summed E-state index contributed by atoms with van der Waals surface area (Å²) in [6.45, 7) is 0. The summed E-state index contributed by atoms with van der Waals surface area (Å²) in [5, 5.41) is 22.4. The molecule has 6 heteroatoms. The molecule has 106 valence electrons. The fourth-order valence-corrected chi connectivity index (χ4v) is 2.39. The Hall–Kier alpha value is -2.81. The molecule has 6 nitrogen and oxygen atoms in total. The number of nitriles is 1. The van der Waals surface area contributed by atoms with Crippen molar-refractivity contribution < 1.29 is 14.6 Å². The first-order valence-electron chi connectivity index (χ1n) is 6.55. The Balaban J connectivity index is 2.13. The van der Waals surface area contributed by atoms with E-state index in [1.165, 1.54) is 24.2 Å². The van der Waals surface area contributed by atoms with Gasteiger partial charge in [0.05, 0.1) is 24.4 Å². The predicted octanol–water partition coefficient (Wildman–Crippen LogP) is 2.33. The van der Waals surface area contributed by atoms with Crippen LogP contribution in [0.3, 0.4) is 0 Å². The molecule has 1 fully saturated rings. The number of ether oxygens (including phenoxy) is 1. The van der Waals surface area contributed by atoms with Crippen LogP contribution in [-0.2, 0) is 0 Å². The number of hydrogen-bond donors (Lipinski definition) is 1. The van der Waals surface area contributed by atoms with E-state index in [2.05, 4.69) is 11.2 Å². The molecule has 1 aromatic heterocycles. The van der Waals surface area contributed by atoms with E-state index in [-0.39, 0.29) is 5.56 Å². The maximum atomic E-state index is 10.9. The number of carboxylic acids is 1. The molecule has 0 saturated heterocycles. The Bertz CT molecular complexity index is 754. The molecule has 1 aliphatic carbocycles. The second-order valence-corrected chi connectivity index (χ2v) is 4.95. The van der Waals surface area contributed by atoms with Crippen molar-refractivity contribution >= 4 is 5.97 Å². The highest BCUT2D eigenvalue weighted by Crippen LogP contribution is 2.44. The molecule has 3 rings (SSSR count). The molecular formula is C15H13N3O3. The van der Waals surface area contributed by atoms with Crippen LogP contribution in [0, 0.1) is 11.3 Å². The molecule has 1 N–H and O–H groups in total. The van der Waals surface area contributed by atoms with E-state index in [0.29, 0.717) is 22.9 Å². The molecule has 1 aliphatic rings. The van der Waals surface area contributed by atoms with Gasteiger partial charge in [0.2, 0.25) is 0 Å². The molecule has 21 heavy (non-hydrogen) atoms. The second-order valence-electron chi connectivity index (χ2n) is 4.95. The highest BCUT2D eigenvalue weighted by atomic mass is 16.5. The first-order chi connectivity index (χ1) is 10.2. The Morgan fingerprint density at radius 1 is 1.52 bits per heavy atom. The van der Waals surface area contributed by atoms with Crippen molar-refractivity contribution in [3.63, 3.8) is 0 Å². The van der Waals surface area contributed by atoms with Crippen LogP contribution in [0.2, 0.25) is 0 Å². The monoisotopic (exact) mass is 283 g/mol. The van der Waals surface area contributed by atoms with Crippen LogP contribution < -0.4 is 4.74 Å². The minimum Gasteiger partial charge on any atom is -0.493 e. The molecule has 0 unspecified atom stereocenters. The van der Waals surface area contributed by atoms with Gasteiger partial charge in [0.15, 0.2) is 5.75 Å². The number of benzene rings is 1. The van der Waals surface area contributed by atoms with Crippen LogP contribution >= 0.6 is 0 Å². The topological polar surface area (TPSA) is 88.1 Å². The average molecular weight is 283 g/mol. The minimum atomic E-state index is -1.05. The summed E-state index contributed by atoms with van der Waals surface area (Å²) in [5.74, 6) is -0.188. The second kappa shape index (κ2) is 4.94. The van der Waals surface area contributed by atoms with Gasteiger partial charge in [-0.05, 0) is 30.4 Å². The molecule has 1 heterocycles. The maximum absolute atomic E-state index is 10.9. The van der Waals surface area contributed by atoms with Gasteiger partial charge in [0.1, 0.15) is 11.8 Å². The van der Waals surface area contributed by atoms with Crippen LogP contribution in [0.4, 0.5) is 0 Å². The third kappa shape index (κ3) is 2.23. The van der Waals surface area contributed by atoms with Crippen LogP contribution in [0.25, 0.3) is 5.69 Å². The third-order valence-corrected chi connectivity index (χ3v) is 3.58. The zero-order valence-electron chi connectivity index (χ0n) is 11.4. The van der Waals surface area contributed by atoms with Crippen molar-refractivity contribution in [3.8, 4) is 17.5 Å². The zero-order valence-corrected chi connectivity index (χ0v) is 11.4. The van der Waals surface area contributed by atoms with Crippen LogP contribution in [-0.4, -0.2) is 28.0 Å². The number of hydrogen-bond acceptors (Lipinski definition) is 4. The first kappa shape index (κ1) is 13.2. The average Bonchev–Trinajstić information content (AvgIpc) is 3.21. The summed E-state index contributed by atoms with van der Waals surface area (Å²) in [4.78, 5) is 10.9. The fraction of sp³-hybridized carbons (Fsp3) is 0.267. The van der Waals surface area contributed by atoms with Gasteiger partial charge in [-0.1, -0.05) is 6.07 Å². The van der Waals surface area contributed by atoms with Gasteiger partial charge in [0.25, 0.3) is 0 Å². The van der Waals surface area contributed by atoms with Gasteiger partial charge >= 0.3 is 5.97 Å². The Kier molecular flexibility index (Phi) is 3.10. The van der Waals surface area contributed by atoms with E-state index >= 15 is 0 Å². The van der Waals surface area contributed by atoms with Gasteiger partial charge in [-0.2, -0.15) is 10.4 Å². The lowest BCUT2D eigenvalue weighted by molar-refractivity contribution is 0.0697. The summed E-state index contributed by atoms with van der Waals surface area (Å²) in [5.41, 5.74) is 2.14. The number of carboxylic acid groups (broad SMARTS) is 1. The lowest BCUT2D eigenvalue weighted by Crippen LogP contribution is -2.03. The third-order valence-electron chi connectivity index (χ3n) is 3.58. The SMILES string of the molecule is COc1c(-n2cc(C(=O)O)cn2)ccc(C2CC2)c1C#N. The standard InChI is InChI=1S/C15H13N3O3/c1-21-14-12(6-16)11(9-2-3-9)4-5-13(14)18-8-10(7-17-18)15(19)20/h4-5,7-9H,2-3H2,1H3,(H,19,20). The van der Waals surface area contributed by atoms with Crippen molar-refractivity contribution in [1.82, 2.24) is 9.78 Å².